The van der Waals surface area contributed by atoms with Gasteiger partial charge in [0.25, 0.3) is 0 Å². The second-order valence-electron chi connectivity index (χ2n) is 13.0. The van der Waals surface area contributed by atoms with Crippen molar-refractivity contribution in [3.8, 4) is 0 Å². The maximum Gasteiger partial charge on any atom is 0.169 e. The molecule has 2 atom stereocenters. The van der Waals surface area contributed by atoms with Gasteiger partial charge in [0, 0.05) is 48.6 Å². The fraction of sp³-hybridized carbons (Fsp3) is 0.750. The zero-order chi connectivity index (χ0) is 31.2. The second-order valence-corrected chi connectivity index (χ2v) is 15.3. The Morgan fingerprint density at radius 1 is 0.391 bits per heavy atom. The number of hydrogen-bond donors (Lipinski definition) is 0. The molecule has 2 unspecified atom stereocenters. The summed E-state index contributed by atoms with van der Waals surface area (Å²) in [7, 11) is 0. The monoisotopic (exact) mass is 800 g/mol. The summed E-state index contributed by atoms with van der Waals surface area (Å²) in [5.74, 6) is 5.00. The summed E-state index contributed by atoms with van der Waals surface area (Å²) in [6, 6.07) is 14.3. The van der Waals surface area contributed by atoms with Gasteiger partial charge in [0.05, 0.1) is 11.5 Å². The fourth-order valence-electron chi connectivity index (χ4n) is 6.24. The number of aromatic nitrogens is 2. The number of pyridine rings is 2. The molecule has 2 heterocycles. The molecule has 2 aromatic heterocycles. The third-order valence-corrected chi connectivity index (χ3v) is 11.6. The highest BCUT2D eigenvalue weighted by molar-refractivity contribution is 8.02. The summed E-state index contributed by atoms with van der Waals surface area (Å²) >= 11 is 4.34. The molecule has 266 valence electrons. The van der Waals surface area contributed by atoms with Gasteiger partial charge in [0.15, 0.2) is 36.9 Å². The van der Waals surface area contributed by atoms with Crippen molar-refractivity contribution < 1.29 is 43.1 Å². The Hall–Kier alpha value is -0.0400. The minimum absolute atomic E-state index is 0. The van der Waals surface area contributed by atoms with Crippen LogP contribution >= 0.6 is 23.5 Å². The SMILES string of the molecule is CCCCCCCCCCCCC(CSCCSCC(CCCCCCCCCCCC)[n+]1ccccc1)[n+]1ccccc1.[Br-].[Br-]. The van der Waals surface area contributed by atoms with Gasteiger partial charge in [-0.2, -0.15) is 23.5 Å². The van der Waals surface area contributed by atoms with Gasteiger partial charge in [-0.25, -0.2) is 9.13 Å². The molecular weight excluding hydrogens is 732 g/mol. The Labute approximate surface area is 316 Å². The summed E-state index contributed by atoms with van der Waals surface area (Å²) in [6.45, 7) is 4.61. The van der Waals surface area contributed by atoms with E-state index < -0.39 is 0 Å². The van der Waals surface area contributed by atoms with Crippen LogP contribution < -0.4 is 43.1 Å². The van der Waals surface area contributed by atoms with Gasteiger partial charge in [-0.05, 0) is 12.8 Å². The standard InChI is InChI=1S/C40H70N2S2.2BrH/c1-3-5-7-9-11-13-15-17-19-23-29-39(41-31-25-21-26-32-41)37-43-35-36-44-38-40(42-33-27-22-28-34-42)30-24-20-18-16-14-12-10-8-6-4-2;;/h21-22,25-28,31-34,39-40H,3-20,23-24,29-30,35-38H2,1-2H3;2*1H/q+2;;/p-2. The predicted molar refractivity (Wildman–Crippen MR) is 199 cm³/mol. The summed E-state index contributed by atoms with van der Waals surface area (Å²) in [5, 5.41) is 0. The highest BCUT2D eigenvalue weighted by Crippen LogP contribution is 2.21. The Morgan fingerprint density at radius 2 is 0.674 bits per heavy atom. The van der Waals surface area contributed by atoms with Crippen LogP contribution in [0.1, 0.15) is 167 Å². The van der Waals surface area contributed by atoms with Gasteiger partial charge in [-0.15, -0.1) is 0 Å². The second kappa shape index (κ2) is 34.8. The fourth-order valence-corrected chi connectivity index (χ4v) is 8.74. The van der Waals surface area contributed by atoms with Crippen molar-refractivity contribution in [1.29, 1.82) is 0 Å². The topological polar surface area (TPSA) is 7.76 Å². The lowest BCUT2D eigenvalue weighted by atomic mass is 10.0. The van der Waals surface area contributed by atoms with E-state index in [2.05, 4.69) is 108 Å². The zero-order valence-corrected chi connectivity index (χ0v) is 34.6. The summed E-state index contributed by atoms with van der Waals surface area (Å²) in [4.78, 5) is 0. The molecule has 0 aliphatic heterocycles. The molecule has 0 radical (unpaired) electrons. The van der Waals surface area contributed by atoms with Crippen molar-refractivity contribution >= 4 is 23.5 Å². The van der Waals surface area contributed by atoms with Crippen LogP contribution in [0.3, 0.4) is 0 Å². The van der Waals surface area contributed by atoms with Crippen LogP contribution in [0.15, 0.2) is 61.2 Å². The Bertz CT molecular complexity index is 787. The van der Waals surface area contributed by atoms with Crippen LogP contribution in [0.2, 0.25) is 0 Å². The van der Waals surface area contributed by atoms with E-state index in [0.29, 0.717) is 12.1 Å². The largest absolute Gasteiger partial charge is 1.00 e. The molecule has 46 heavy (non-hydrogen) atoms. The maximum absolute atomic E-state index is 2.47. The first-order chi connectivity index (χ1) is 21.8. The highest BCUT2D eigenvalue weighted by Gasteiger charge is 2.19. The molecule has 0 aliphatic rings. The number of unbranched alkanes of at least 4 members (excludes halogenated alkanes) is 18. The van der Waals surface area contributed by atoms with Crippen LogP contribution in [0.5, 0.6) is 0 Å². The average molecular weight is 803 g/mol. The quantitative estimate of drug-likeness (QED) is 0.0670. The highest BCUT2D eigenvalue weighted by atomic mass is 79.9. The molecule has 0 fully saturated rings. The predicted octanol–water partition coefficient (Wildman–Crippen LogP) is 6.14. The van der Waals surface area contributed by atoms with Crippen LogP contribution in [0.4, 0.5) is 0 Å². The number of hydrogen-bond acceptors (Lipinski definition) is 2. The summed E-state index contributed by atoms with van der Waals surface area (Å²) in [6.07, 6.45) is 40.1. The van der Waals surface area contributed by atoms with Crippen molar-refractivity contribution in [2.75, 3.05) is 23.0 Å². The zero-order valence-electron chi connectivity index (χ0n) is 29.8. The lowest BCUT2D eigenvalue weighted by molar-refractivity contribution is -0.719. The molecular formula is C40H70Br2N2S2. The summed E-state index contributed by atoms with van der Waals surface area (Å²) in [5.41, 5.74) is 0. The minimum atomic E-state index is 0. The van der Waals surface area contributed by atoms with E-state index in [4.69, 9.17) is 0 Å². The average Bonchev–Trinajstić information content (AvgIpc) is 3.06. The molecule has 0 saturated carbocycles. The Balaban J connectivity index is 0.0000101. The van der Waals surface area contributed by atoms with Crippen molar-refractivity contribution in [2.24, 2.45) is 0 Å². The van der Waals surface area contributed by atoms with E-state index in [0.717, 1.165) is 0 Å². The van der Waals surface area contributed by atoms with Crippen molar-refractivity contribution in [1.82, 2.24) is 0 Å². The molecule has 2 aromatic rings. The van der Waals surface area contributed by atoms with Crippen molar-refractivity contribution in [3.05, 3.63) is 61.2 Å². The first-order valence-electron chi connectivity index (χ1n) is 18.9. The van der Waals surface area contributed by atoms with E-state index in [-0.39, 0.29) is 34.0 Å². The molecule has 0 bridgehead atoms. The molecule has 0 saturated heterocycles. The van der Waals surface area contributed by atoms with Gasteiger partial charge in [0.1, 0.15) is 0 Å². The Morgan fingerprint density at radius 3 is 0.978 bits per heavy atom. The molecule has 0 spiro atoms. The molecule has 0 N–H and O–H groups in total. The summed E-state index contributed by atoms with van der Waals surface area (Å²) < 4.78 is 4.95. The van der Waals surface area contributed by atoms with E-state index >= 15 is 0 Å². The molecule has 0 amide bonds. The van der Waals surface area contributed by atoms with E-state index in [1.54, 1.807) is 0 Å². The molecule has 2 rings (SSSR count). The molecule has 6 heteroatoms. The maximum atomic E-state index is 2.47. The first kappa shape index (κ1) is 46.0. The third-order valence-electron chi connectivity index (χ3n) is 9.09. The van der Waals surface area contributed by atoms with Crippen LogP contribution in [-0.2, 0) is 0 Å². The van der Waals surface area contributed by atoms with Gasteiger partial charge in [0.2, 0.25) is 0 Å². The Kier molecular flexibility index (Phi) is 34.8. The van der Waals surface area contributed by atoms with E-state index in [9.17, 15) is 0 Å². The van der Waals surface area contributed by atoms with Gasteiger partial charge in [-0.3, -0.25) is 0 Å². The number of thioether (sulfide) groups is 2. The van der Waals surface area contributed by atoms with Crippen LogP contribution in [0.25, 0.3) is 0 Å². The normalized spacial score (nSPS) is 12.3. The van der Waals surface area contributed by atoms with Crippen LogP contribution in [-0.4, -0.2) is 23.0 Å². The lowest BCUT2D eigenvalue weighted by Gasteiger charge is -2.14. The lowest BCUT2D eigenvalue weighted by Crippen LogP contribution is -3.00. The molecule has 0 aliphatic carbocycles. The number of rotatable bonds is 31. The van der Waals surface area contributed by atoms with Gasteiger partial charge >= 0.3 is 0 Å². The smallest absolute Gasteiger partial charge is 0.169 e. The number of halogens is 2. The minimum Gasteiger partial charge on any atom is -1.00 e. The molecule has 0 aromatic carbocycles. The molecule has 2 nitrogen and oxygen atoms in total. The number of nitrogens with zero attached hydrogens (tertiary/aromatic N) is 2. The van der Waals surface area contributed by atoms with Crippen molar-refractivity contribution in [3.63, 3.8) is 0 Å². The van der Waals surface area contributed by atoms with Crippen LogP contribution in [0, 0.1) is 0 Å². The van der Waals surface area contributed by atoms with Gasteiger partial charge in [-0.1, -0.05) is 142 Å². The van der Waals surface area contributed by atoms with E-state index in [1.807, 2.05) is 0 Å². The van der Waals surface area contributed by atoms with E-state index in [1.165, 1.54) is 164 Å². The van der Waals surface area contributed by atoms with Gasteiger partial charge < -0.3 is 34.0 Å². The third kappa shape index (κ3) is 25.0. The van der Waals surface area contributed by atoms with Crippen molar-refractivity contribution in [2.45, 2.75) is 167 Å². The first-order valence-corrected chi connectivity index (χ1v) is 21.2.